The van der Waals surface area contributed by atoms with Crippen molar-refractivity contribution < 1.29 is 4.79 Å². The van der Waals surface area contributed by atoms with E-state index in [1.807, 2.05) is 37.1 Å². The SMILES string of the molecule is Cc1c(Cl)cccc1C(=O)N(C)C1CCNCC1.Cl. The molecule has 0 unspecified atom stereocenters. The Morgan fingerprint density at radius 3 is 2.63 bits per heavy atom. The molecule has 0 aromatic heterocycles. The van der Waals surface area contributed by atoms with E-state index in [4.69, 9.17) is 11.6 Å². The molecule has 1 fully saturated rings. The lowest BCUT2D eigenvalue weighted by Gasteiger charge is -2.32. The summed E-state index contributed by atoms with van der Waals surface area (Å²) >= 11 is 6.07. The van der Waals surface area contributed by atoms with E-state index < -0.39 is 0 Å². The van der Waals surface area contributed by atoms with Crippen LogP contribution in [0.3, 0.4) is 0 Å². The Hall–Kier alpha value is -0.770. The highest BCUT2D eigenvalue weighted by atomic mass is 35.5. The van der Waals surface area contributed by atoms with Gasteiger partial charge in [-0.3, -0.25) is 4.79 Å². The molecule has 1 N–H and O–H groups in total. The fraction of sp³-hybridized carbons (Fsp3) is 0.500. The summed E-state index contributed by atoms with van der Waals surface area (Å²) in [5.41, 5.74) is 1.58. The Kier molecular flexibility index (Phi) is 6.11. The Morgan fingerprint density at radius 1 is 1.37 bits per heavy atom. The fourth-order valence-electron chi connectivity index (χ4n) is 2.39. The van der Waals surface area contributed by atoms with E-state index in [0.29, 0.717) is 16.6 Å². The number of rotatable bonds is 2. The van der Waals surface area contributed by atoms with Crippen molar-refractivity contribution in [2.75, 3.05) is 20.1 Å². The maximum absolute atomic E-state index is 12.5. The summed E-state index contributed by atoms with van der Waals surface area (Å²) in [6, 6.07) is 5.83. The van der Waals surface area contributed by atoms with Crippen molar-refractivity contribution in [1.29, 1.82) is 0 Å². The second-order valence-electron chi connectivity index (χ2n) is 4.81. The summed E-state index contributed by atoms with van der Waals surface area (Å²) in [5.74, 6) is 0.0712. The number of nitrogens with one attached hydrogen (secondary N) is 1. The lowest BCUT2D eigenvalue weighted by atomic mass is 10.0. The third-order valence-corrected chi connectivity index (χ3v) is 4.08. The molecule has 5 heteroatoms. The van der Waals surface area contributed by atoms with Crippen LogP contribution in [0.15, 0.2) is 18.2 Å². The lowest BCUT2D eigenvalue weighted by molar-refractivity contribution is 0.0702. The van der Waals surface area contributed by atoms with Crippen LogP contribution in [0.5, 0.6) is 0 Å². The highest BCUT2D eigenvalue weighted by Gasteiger charge is 2.23. The third kappa shape index (κ3) is 3.62. The molecule has 3 nitrogen and oxygen atoms in total. The minimum Gasteiger partial charge on any atom is -0.339 e. The maximum Gasteiger partial charge on any atom is 0.254 e. The van der Waals surface area contributed by atoms with Crippen molar-refractivity contribution in [2.45, 2.75) is 25.8 Å². The van der Waals surface area contributed by atoms with Gasteiger partial charge in [-0.2, -0.15) is 0 Å². The van der Waals surface area contributed by atoms with E-state index in [1.54, 1.807) is 0 Å². The monoisotopic (exact) mass is 302 g/mol. The van der Waals surface area contributed by atoms with Gasteiger partial charge in [-0.1, -0.05) is 17.7 Å². The van der Waals surface area contributed by atoms with Crippen molar-refractivity contribution in [3.05, 3.63) is 34.3 Å². The second kappa shape index (κ2) is 7.13. The molecule has 0 spiro atoms. The summed E-state index contributed by atoms with van der Waals surface area (Å²) in [4.78, 5) is 14.3. The molecule has 1 amide bonds. The van der Waals surface area contributed by atoms with Crippen LogP contribution in [-0.4, -0.2) is 37.0 Å². The first-order valence-corrected chi connectivity index (χ1v) is 6.72. The highest BCUT2D eigenvalue weighted by Crippen LogP contribution is 2.21. The zero-order valence-corrected chi connectivity index (χ0v) is 12.9. The topological polar surface area (TPSA) is 32.3 Å². The van der Waals surface area contributed by atoms with Gasteiger partial charge in [0.1, 0.15) is 0 Å². The average molecular weight is 303 g/mol. The van der Waals surface area contributed by atoms with Gasteiger partial charge < -0.3 is 10.2 Å². The van der Waals surface area contributed by atoms with Gasteiger partial charge in [-0.15, -0.1) is 12.4 Å². The molecule has 0 saturated carbocycles. The van der Waals surface area contributed by atoms with Crippen molar-refractivity contribution in [3.8, 4) is 0 Å². The summed E-state index contributed by atoms with van der Waals surface area (Å²) in [5, 5.41) is 3.96. The van der Waals surface area contributed by atoms with Crippen molar-refractivity contribution >= 4 is 29.9 Å². The van der Waals surface area contributed by atoms with Gasteiger partial charge in [0.2, 0.25) is 0 Å². The van der Waals surface area contributed by atoms with Crippen LogP contribution >= 0.6 is 24.0 Å². The molecule has 0 bridgehead atoms. The molecule has 1 aliphatic rings. The van der Waals surface area contributed by atoms with Gasteiger partial charge in [0, 0.05) is 23.7 Å². The predicted octanol–water partition coefficient (Wildman–Crippen LogP) is 2.89. The average Bonchev–Trinajstić information content (AvgIpc) is 2.41. The number of halogens is 2. The Bertz CT molecular complexity index is 445. The minimum atomic E-state index is 0. The first kappa shape index (κ1) is 16.3. The number of carbonyl (C=O) groups is 1. The largest absolute Gasteiger partial charge is 0.339 e. The summed E-state index contributed by atoms with van der Waals surface area (Å²) < 4.78 is 0. The minimum absolute atomic E-state index is 0. The van der Waals surface area contributed by atoms with E-state index in [9.17, 15) is 4.79 Å². The molecule has 106 valence electrons. The van der Waals surface area contributed by atoms with Crippen LogP contribution in [0.25, 0.3) is 0 Å². The summed E-state index contributed by atoms with van der Waals surface area (Å²) in [7, 11) is 1.89. The Morgan fingerprint density at radius 2 is 2.00 bits per heavy atom. The quantitative estimate of drug-likeness (QED) is 0.911. The zero-order chi connectivity index (χ0) is 13.1. The van der Waals surface area contributed by atoms with Crippen LogP contribution in [0, 0.1) is 6.92 Å². The standard InChI is InChI=1S/C14H19ClN2O.ClH/c1-10-12(4-3-5-13(10)15)14(18)17(2)11-6-8-16-9-7-11;/h3-5,11,16H,6-9H2,1-2H3;1H. The summed E-state index contributed by atoms with van der Waals surface area (Å²) in [6.07, 6.45) is 2.03. The van der Waals surface area contributed by atoms with Crippen molar-refractivity contribution in [3.63, 3.8) is 0 Å². The van der Waals surface area contributed by atoms with Crippen LogP contribution in [0.1, 0.15) is 28.8 Å². The molecule has 1 saturated heterocycles. The number of piperidine rings is 1. The first-order chi connectivity index (χ1) is 8.61. The maximum atomic E-state index is 12.5. The smallest absolute Gasteiger partial charge is 0.254 e. The normalized spacial score (nSPS) is 15.7. The number of hydrogen-bond donors (Lipinski definition) is 1. The molecule has 0 aliphatic carbocycles. The molecular formula is C14H20Cl2N2O. The van der Waals surface area contributed by atoms with E-state index in [-0.39, 0.29) is 18.3 Å². The van der Waals surface area contributed by atoms with Crippen molar-refractivity contribution in [1.82, 2.24) is 10.2 Å². The van der Waals surface area contributed by atoms with Crippen LogP contribution in [0.4, 0.5) is 0 Å². The number of hydrogen-bond acceptors (Lipinski definition) is 2. The molecule has 1 aliphatic heterocycles. The molecule has 2 rings (SSSR count). The number of nitrogens with zero attached hydrogens (tertiary/aromatic N) is 1. The molecule has 0 atom stereocenters. The highest BCUT2D eigenvalue weighted by molar-refractivity contribution is 6.31. The van der Waals surface area contributed by atoms with Crippen molar-refractivity contribution in [2.24, 2.45) is 0 Å². The second-order valence-corrected chi connectivity index (χ2v) is 5.22. The lowest BCUT2D eigenvalue weighted by Crippen LogP contribution is -2.44. The first-order valence-electron chi connectivity index (χ1n) is 6.34. The zero-order valence-electron chi connectivity index (χ0n) is 11.3. The van der Waals surface area contributed by atoms with E-state index in [0.717, 1.165) is 31.5 Å². The van der Waals surface area contributed by atoms with Crippen LogP contribution in [0.2, 0.25) is 5.02 Å². The van der Waals surface area contributed by atoms with Crippen LogP contribution < -0.4 is 5.32 Å². The number of amides is 1. The van der Waals surface area contributed by atoms with Gasteiger partial charge in [-0.05, 0) is 50.6 Å². The Labute approximate surface area is 125 Å². The third-order valence-electron chi connectivity index (χ3n) is 3.67. The molecule has 19 heavy (non-hydrogen) atoms. The van der Waals surface area contributed by atoms with E-state index in [2.05, 4.69) is 5.32 Å². The number of carbonyl (C=O) groups excluding carboxylic acids is 1. The van der Waals surface area contributed by atoms with Gasteiger partial charge in [-0.25, -0.2) is 0 Å². The van der Waals surface area contributed by atoms with Gasteiger partial charge in [0.15, 0.2) is 0 Å². The summed E-state index contributed by atoms with van der Waals surface area (Å²) in [6.45, 7) is 3.86. The van der Waals surface area contributed by atoms with Gasteiger partial charge in [0.25, 0.3) is 5.91 Å². The Balaban J connectivity index is 0.00000180. The van der Waals surface area contributed by atoms with Gasteiger partial charge >= 0.3 is 0 Å². The fourth-order valence-corrected chi connectivity index (χ4v) is 2.56. The van der Waals surface area contributed by atoms with Crippen LogP contribution in [-0.2, 0) is 0 Å². The van der Waals surface area contributed by atoms with E-state index in [1.165, 1.54) is 0 Å². The van der Waals surface area contributed by atoms with Gasteiger partial charge in [0.05, 0.1) is 0 Å². The molecular weight excluding hydrogens is 283 g/mol. The number of benzene rings is 1. The predicted molar refractivity (Wildman–Crippen MR) is 81.4 cm³/mol. The molecule has 1 aromatic carbocycles. The molecule has 1 aromatic rings. The van der Waals surface area contributed by atoms with E-state index >= 15 is 0 Å². The molecule has 0 radical (unpaired) electrons. The molecule has 1 heterocycles.